The number of amides is 1. The molecule has 0 saturated carbocycles. The van der Waals surface area contributed by atoms with E-state index < -0.39 is 0 Å². The predicted octanol–water partition coefficient (Wildman–Crippen LogP) is 4.87. The van der Waals surface area contributed by atoms with Gasteiger partial charge in [-0.25, -0.2) is 0 Å². The first kappa shape index (κ1) is 20.9. The normalized spacial score (nSPS) is 10.7. The summed E-state index contributed by atoms with van der Waals surface area (Å²) in [6.45, 7) is 5.64. The van der Waals surface area contributed by atoms with E-state index in [0.29, 0.717) is 0 Å². The molecule has 7 heteroatoms. The molecule has 1 amide bonds. The molecule has 1 N–H and O–H groups in total. The lowest BCUT2D eigenvalue weighted by Crippen LogP contribution is -2.14. The Balaban J connectivity index is 1.63. The highest BCUT2D eigenvalue weighted by atomic mass is 32.2. The van der Waals surface area contributed by atoms with Gasteiger partial charge in [0, 0.05) is 17.8 Å². The van der Waals surface area contributed by atoms with Crippen molar-refractivity contribution in [2.45, 2.75) is 38.4 Å². The Kier molecular flexibility index (Phi) is 7.69. The van der Waals surface area contributed by atoms with Gasteiger partial charge < -0.3 is 14.6 Å². The molecule has 6 nitrogen and oxygen atoms in total. The molecule has 0 aliphatic rings. The summed E-state index contributed by atoms with van der Waals surface area (Å²) in [7, 11) is 0. The molecule has 0 aliphatic heterocycles. The van der Waals surface area contributed by atoms with Gasteiger partial charge in [-0.3, -0.25) is 4.79 Å². The first-order chi connectivity index (χ1) is 14.2. The number of nitrogens with one attached hydrogen (secondary N) is 1. The minimum absolute atomic E-state index is 0.0676. The lowest BCUT2D eigenvalue weighted by atomic mass is 10.2. The zero-order chi connectivity index (χ0) is 20.5. The van der Waals surface area contributed by atoms with Crippen LogP contribution < -0.4 is 10.1 Å². The molecule has 0 fully saturated rings. The van der Waals surface area contributed by atoms with E-state index in [1.165, 1.54) is 11.8 Å². The molecule has 3 rings (SSSR count). The summed E-state index contributed by atoms with van der Waals surface area (Å²) in [5, 5.41) is 12.2. The minimum atomic E-state index is -0.0676. The molecule has 0 bridgehead atoms. The molecule has 1 aromatic heterocycles. The maximum Gasteiger partial charge on any atom is 0.234 e. The highest BCUT2D eigenvalue weighted by Gasteiger charge is 2.15. The Hall–Kier alpha value is -2.80. The van der Waals surface area contributed by atoms with Crippen molar-refractivity contribution in [1.29, 1.82) is 0 Å². The lowest BCUT2D eigenvalue weighted by Gasteiger charge is -2.09. The van der Waals surface area contributed by atoms with Crippen LogP contribution in [0.2, 0.25) is 0 Å². The third-order valence-electron chi connectivity index (χ3n) is 4.30. The van der Waals surface area contributed by atoms with E-state index >= 15 is 0 Å². The molecule has 0 unspecified atom stereocenters. The zero-order valence-electron chi connectivity index (χ0n) is 16.8. The Morgan fingerprint density at radius 1 is 1.07 bits per heavy atom. The van der Waals surface area contributed by atoms with Crippen LogP contribution in [0.1, 0.15) is 26.7 Å². The van der Waals surface area contributed by atoms with Crippen molar-refractivity contribution in [2.75, 3.05) is 17.7 Å². The van der Waals surface area contributed by atoms with Crippen LogP contribution in [0.4, 0.5) is 5.69 Å². The number of hydrogen-bond acceptors (Lipinski definition) is 5. The quantitative estimate of drug-likeness (QED) is 0.381. The number of anilines is 1. The number of para-hydroxylation sites is 1. The molecule has 3 aromatic rings. The van der Waals surface area contributed by atoms with Crippen LogP contribution >= 0.6 is 11.8 Å². The van der Waals surface area contributed by atoms with Gasteiger partial charge in [0.15, 0.2) is 11.0 Å². The Morgan fingerprint density at radius 3 is 2.52 bits per heavy atom. The van der Waals surface area contributed by atoms with Gasteiger partial charge in [0.1, 0.15) is 5.75 Å². The molecule has 0 spiro atoms. The van der Waals surface area contributed by atoms with Gasteiger partial charge in [0.05, 0.1) is 12.4 Å². The van der Waals surface area contributed by atoms with Crippen LogP contribution in [0, 0.1) is 0 Å². The maximum absolute atomic E-state index is 12.2. The van der Waals surface area contributed by atoms with E-state index in [9.17, 15) is 4.79 Å². The number of ether oxygens (including phenoxy) is 1. The second kappa shape index (κ2) is 10.7. The topological polar surface area (TPSA) is 69.0 Å². The third-order valence-corrected chi connectivity index (χ3v) is 5.27. The van der Waals surface area contributed by atoms with Gasteiger partial charge in [-0.2, -0.15) is 0 Å². The average Bonchev–Trinajstić information content (AvgIpc) is 3.16. The van der Waals surface area contributed by atoms with E-state index in [-0.39, 0.29) is 11.7 Å². The van der Waals surface area contributed by atoms with E-state index in [1.807, 2.05) is 66.1 Å². The van der Waals surface area contributed by atoms with E-state index in [2.05, 4.69) is 22.4 Å². The minimum Gasteiger partial charge on any atom is -0.494 e. The summed E-state index contributed by atoms with van der Waals surface area (Å²) >= 11 is 1.38. The fourth-order valence-corrected chi connectivity index (χ4v) is 3.58. The van der Waals surface area contributed by atoms with Gasteiger partial charge in [0.25, 0.3) is 0 Å². The first-order valence-corrected chi connectivity index (χ1v) is 10.8. The molecule has 29 heavy (non-hydrogen) atoms. The molecule has 2 aromatic carbocycles. The van der Waals surface area contributed by atoms with Gasteiger partial charge >= 0.3 is 0 Å². The second-order valence-corrected chi connectivity index (χ2v) is 7.42. The number of carbonyl (C=O) groups excluding carboxylic acids is 1. The number of carbonyl (C=O) groups is 1. The molecular formula is C22H26N4O2S. The van der Waals surface area contributed by atoms with Crippen molar-refractivity contribution in [2.24, 2.45) is 0 Å². The molecular weight excluding hydrogens is 384 g/mol. The summed E-state index contributed by atoms with van der Waals surface area (Å²) in [6, 6.07) is 17.3. The number of benzene rings is 2. The van der Waals surface area contributed by atoms with Crippen LogP contribution in [0.5, 0.6) is 5.75 Å². The third kappa shape index (κ3) is 5.84. The summed E-state index contributed by atoms with van der Waals surface area (Å²) in [6.07, 6.45) is 2.16. The van der Waals surface area contributed by atoms with Crippen molar-refractivity contribution in [3.8, 4) is 17.1 Å². The summed E-state index contributed by atoms with van der Waals surface area (Å²) < 4.78 is 7.74. The monoisotopic (exact) mass is 410 g/mol. The van der Waals surface area contributed by atoms with E-state index in [4.69, 9.17) is 4.74 Å². The number of nitrogens with zero attached hydrogens (tertiary/aromatic N) is 3. The average molecular weight is 411 g/mol. The SMILES string of the molecule is CCCCOc1ccc(-c2nnc(SCC(=O)Nc3ccccc3)n2CC)cc1. The summed E-state index contributed by atoms with van der Waals surface area (Å²) in [4.78, 5) is 12.2. The fourth-order valence-electron chi connectivity index (χ4n) is 2.78. The Bertz CT molecular complexity index is 910. The Morgan fingerprint density at radius 2 is 1.83 bits per heavy atom. The molecule has 0 atom stereocenters. The number of aromatic nitrogens is 3. The highest BCUT2D eigenvalue weighted by molar-refractivity contribution is 7.99. The Labute approximate surface area is 175 Å². The molecule has 1 heterocycles. The van der Waals surface area contributed by atoms with Gasteiger partial charge in [-0.05, 0) is 49.7 Å². The zero-order valence-corrected chi connectivity index (χ0v) is 17.6. The standard InChI is InChI=1S/C22H26N4O2S/c1-3-5-15-28-19-13-11-17(12-14-19)21-24-25-22(26(21)4-2)29-16-20(27)23-18-9-7-6-8-10-18/h6-14H,3-5,15-16H2,1-2H3,(H,23,27). The van der Waals surface area contributed by atoms with Crippen molar-refractivity contribution < 1.29 is 9.53 Å². The maximum atomic E-state index is 12.2. The van der Waals surface area contributed by atoms with Crippen LogP contribution in [-0.2, 0) is 11.3 Å². The molecule has 0 aliphatic carbocycles. The van der Waals surface area contributed by atoms with Crippen LogP contribution in [0.25, 0.3) is 11.4 Å². The largest absolute Gasteiger partial charge is 0.494 e. The summed E-state index contributed by atoms with van der Waals surface area (Å²) in [5.74, 6) is 1.86. The molecule has 0 saturated heterocycles. The predicted molar refractivity (Wildman–Crippen MR) is 117 cm³/mol. The van der Waals surface area contributed by atoms with E-state index in [1.54, 1.807) is 0 Å². The number of rotatable bonds is 10. The highest BCUT2D eigenvalue weighted by Crippen LogP contribution is 2.26. The fraction of sp³-hybridized carbons (Fsp3) is 0.318. The van der Waals surface area contributed by atoms with Crippen molar-refractivity contribution in [3.05, 3.63) is 54.6 Å². The number of thioether (sulfide) groups is 1. The van der Waals surface area contributed by atoms with Gasteiger partial charge in [-0.15, -0.1) is 10.2 Å². The number of hydrogen-bond donors (Lipinski definition) is 1. The summed E-state index contributed by atoms with van der Waals surface area (Å²) in [5.41, 5.74) is 1.76. The van der Waals surface area contributed by atoms with Crippen LogP contribution in [0.15, 0.2) is 59.8 Å². The van der Waals surface area contributed by atoms with Crippen molar-refractivity contribution in [3.63, 3.8) is 0 Å². The second-order valence-electron chi connectivity index (χ2n) is 6.48. The van der Waals surface area contributed by atoms with Crippen molar-refractivity contribution >= 4 is 23.4 Å². The van der Waals surface area contributed by atoms with Crippen molar-refractivity contribution in [1.82, 2.24) is 14.8 Å². The lowest BCUT2D eigenvalue weighted by molar-refractivity contribution is -0.113. The number of unbranched alkanes of at least 4 members (excludes halogenated alkanes) is 1. The molecule has 0 radical (unpaired) electrons. The van der Waals surface area contributed by atoms with Crippen LogP contribution in [0.3, 0.4) is 0 Å². The smallest absolute Gasteiger partial charge is 0.234 e. The first-order valence-electron chi connectivity index (χ1n) is 9.85. The van der Waals surface area contributed by atoms with E-state index in [0.717, 1.165) is 54.0 Å². The van der Waals surface area contributed by atoms with Crippen LogP contribution in [-0.4, -0.2) is 33.0 Å². The van der Waals surface area contributed by atoms with Gasteiger partial charge in [0.2, 0.25) is 5.91 Å². The van der Waals surface area contributed by atoms with Gasteiger partial charge in [-0.1, -0.05) is 43.3 Å². The molecule has 152 valence electrons.